The third-order valence-corrected chi connectivity index (χ3v) is 12.9. The average Bonchev–Trinajstić information content (AvgIpc) is 3.49. The van der Waals surface area contributed by atoms with Gasteiger partial charge in [-0.1, -0.05) is 24.3 Å². The van der Waals surface area contributed by atoms with Gasteiger partial charge in [-0.3, -0.25) is 19.3 Å². The van der Waals surface area contributed by atoms with Crippen LogP contribution in [0.4, 0.5) is 5.69 Å². The summed E-state index contributed by atoms with van der Waals surface area (Å²) in [4.78, 5) is 48.6. The summed E-state index contributed by atoms with van der Waals surface area (Å²) < 4.78 is 80.6. The van der Waals surface area contributed by atoms with Gasteiger partial charge in [-0.2, -0.15) is 0 Å². The zero-order valence-electron chi connectivity index (χ0n) is 37.0. The first-order valence-electron chi connectivity index (χ1n) is 20.1. The summed E-state index contributed by atoms with van der Waals surface area (Å²) in [6.07, 6.45) is 8.57. The maximum absolute atomic E-state index is 12.5. The normalized spacial score (nSPS) is 16.8. The van der Waals surface area contributed by atoms with Crippen molar-refractivity contribution in [1.29, 1.82) is 0 Å². The Bertz CT molecular complexity index is 2900. The molecule has 4 aliphatic rings. The molecule has 4 aliphatic heterocycles. The summed E-state index contributed by atoms with van der Waals surface area (Å²) in [6, 6.07) is 13.3. The number of carbonyl (C=O) groups excluding carboxylic acids is 3. The van der Waals surface area contributed by atoms with Crippen LogP contribution < -0.4 is 59.7 Å². The number of nitrogens with zero attached hydrogens (tertiary/aromatic N) is 3. The molecule has 0 radical (unpaired) electrons. The predicted octanol–water partition coefficient (Wildman–Crippen LogP) is -0.0417. The zero-order chi connectivity index (χ0) is 46.4. The number of benzene rings is 3. The number of amides is 3. The van der Waals surface area contributed by atoms with E-state index in [4.69, 9.17) is 4.74 Å². The number of unbranched alkanes of at least 4 members (excludes halogenated alkanes) is 2. The molecule has 0 spiro atoms. The maximum Gasteiger partial charge on any atom is 1.00 e. The summed E-state index contributed by atoms with van der Waals surface area (Å²) >= 11 is 0. The Morgan fingerprint density at radius 3 is 2.02 bits per heavy atom. The molecule has 16 nitrogen and oxygen atoms in total. The number of fused-ring (bicyclic) bond motifs is 4. The summed E-state index contributed by atoms with van der Waals surface area (Å²) in [5, 5.41) is 14.0. The molecule has 4 heterocycles. The van der Waals surface area contributed by atoms with Crippen molar-refractivity contribution >= 4 is 66.3 Å². The zero-order valence-corrected chi connectivity index (χ0v) is 40.6. The Morgan fingerprint density at radius 1 is 0.812 bits per heavy atom. The molecule has 0 saturated heterocycles. The third kappa shape index (κ3) is 10.9. The molecule has 0 unspecified atom stereocenters. The molecule has 0 saturated carbocycles. The third-order valence-electron chi connectivity index (χ3n) is 11.6. The van der Waals surface area contributed by atoms with E-state index >= 15 is 0 Å². The van der Waals surface area contributed by atoms with Gasteiger partial charge in [0, 0.05) is 86.7 Å². The van der Waals surface area contributed by atoms with E-state index in [1.165, 1.54) is 30.0 Å². The summed E-state index contributed by atoms with van der Waals surface area (Å²) in [5.41, 5.74) is 2.06. The minimum Gasteiger partial charge on any atom is -0.748 e. The number of likely N-dealkylation sites (N-methyl/N-ethyl adjacent to an activating group) is 2. The van der Waals surface area contributed by atoms with Crippen molar-refractivity contribution in [2.24, 2.45) is 0 Å². The van der Waals surface area contributed by atoms with Crippen LogP contribution in [0, 0.1) is 0 Å². The van der Waals surface area contributed by atoms with E-state index in [-0.39, 0.29) is 52.8 Å². The Hall–Kier alpha value is -4.95. The number of carboxylic acid groups (broad SMARTS) is 1. The van der Waals surface area contributed by atoms with Crippen LogP contribution in [0.3, 0.4) is 0 Å². The fourth-order valence-electron chi connectivity index (χ4n) is 8.14. The van der Waals surface area contributed by atoms with E-state index in [0.717, 1.165) is 19.3 Å². The van der Waals surface area contributed by atoms with E-state index in [2.05, 4.69) is 5.32 Å². The van der Waals surface area contributed by atoms with Crippen molar-refractivity contribution in [3.05, 3.63) is 111 Å². The molecule has 19 heteroatoms. The first-order chi connectivity index (χ1) is 29.3. The number of hydrogen-bond acceptors (Lipinski definition) is 12. The molecular formula is C45H49N4NaO12S2. The molecule has 3 aromatic rings. The molecule has 64 heavy (non-hydrogen) atoms. The van der Waals surface area contributed by atoms with Gasteiger partial charge in [0.2, 0.25) is 11.3 Å². The van der Waals surface area contributed by atoms with E-state index in [1.54, 1.807) is 54.6 Å². The fraction of sp³-hybridized carbons (Fsp3) is 0.356. The Labute approximate surface area is 394 Å². The van der Waals surface area contributed by atoms with Crippen LogP contribution in [0.2, 0.25) is 0 Å². The Kier molecular flexibility index (Phi) is 14.8. The number of ether oxygens (including phenoxy) is 1. The largest absolute Gasteiger partial charge is 1.00 e. The second kappa shape index (κ2) is 18.9. The standard InChI is InChI=1S/C34H34N2O9S2.C11H16N2O3.Na/c1-33(2)15-19(17-46(39,40)41)23-11-25-29(13-27(23)35(33)5)45-30-14-28-24(20(18-47(42,43)44)16-34(3,4)36(28)6)12-26(30)31(25)21-9-7-8-10-22(21)32(37)38;1-9(14)12-7-3-2-4-8-13-10(15)5-6-11(13)16;/h7-16H,17-18H2,1-6H3,(H2-,37,38,39,40,41,42,43,44);5-6H,2-4,7-8H2,1H3,(H,12,14);/q;;+1/p-1. The van der Waals surface area contributed by atoms with Gasteiger partial charge in [-0.05, 0) is 74.1 Å². The smallest absolute Gasteiger partial charge is 0.748 e. The Balaban J connectivity index is 0.000000384. The summed E-state index contributed by atoms with van der Waals surface area (Å²) in [7, 11) is -5.66. The molecule has 3 aromatic carbocycles. The number of nitrogens with one attached hydrogen (secondary N) is 1. The van der Waals surface area contributed by atoms with Gasteiger partial charge in [0.05, 0.1) is 54.5 Å². The molecule has 7 rings (SSSR count). The van der Waals surface area contributed by atoms with Crippen LogP contribution in [0.15, 0.2) is 72.8 Å². The van der Waals surface area contributed by atoms with Crippen molar-refractivity contribution in [3.63, 3.8) is 0 Å². The van der Waals surface area contributed by atoms with Crippen molar-refractivity contribution in [3.8, 4) is 11.5 Å². The minimum absolute atomic E-state index is 0. The van der Waals surface area contributed by atoms with Crippen LogP contribution in [0.25, 0.3) is 16.7 Å². The maximum atomic E-state index is 12.5. The van der Waals surface area contributed by atoms with Gasteiger partial charge in [0.25, 0.3) is 11.8 Å². The summed E-state index contributed by atoms with van der Waals surface area (Å²) in [5.74, 6) is -2.43. The van der Waals surface area contributed by atoms with E-state index < -0.39 is 48.8 Å². The van der Waals surface area contributed by atoms with Gasteiger partial charge < -0.3 is 29.2 Å². The molecule has 0 fully saturated rings. The van der Waals surface area contributed by atoms with Gasteiger partial charge in [0.15, 0.2) is 5.54 Å². The average molecular weight is 925 g/mol. The van der Waals surface area contributed by atoms with Crippen LogP contribution in [-0.2, 0) is 34.6 Å². The second-order valence-corrected chi connectivity index (χ2v) is 19.7. The molecule has 0 bridgehead atoms. The molecule has 2 N–H and O–H groups in total. The first-order valence-corrected chi connectivity index (χ1v) is 23.2. The Morgan fingerprint density at radius 2 is 1.42 bits per heavy atom. The first kappa shape index (κ1) is 50.1. The molecule has 3 amide bonds. The number of carbonyl (C=O) groups is 4. The van der Waals surface area contributed by atoms with E-state index in [1.807, 2.05) is 51.3 Å². The topological polar surface area (TPSA) is 234 Å². The molecule has 0 atom stereocenters. The quantitative estimate of drug-likeness (QED) is 0.0625. The fourth-order valence-corrected chi connectivity index (χ4v) is 9.38. The summed E-state index contributed by atoms with van der Waals surface area (Å²) in [6.45, 7) is 10.1. The van der Waals surface area contributed by atoms with Crippen molar-refractivity contribution in [1.82, 2.24) is 14.8 Å². The number of carboxylic acids is 1. The van der Waals surface area contributed by atoms with Crippen molar-refractivity contribution < 1.29 is 84.5 Å². The number of imide groups is 1. The number of hydrogen-bond donors (Lipinski definition) is 2. The molecule has 0 aliphatic carbocycles. The number of aromatic carboxylic acids is 1. The van der Waals surface area contributed by atoms with Crippen LogP contribution >= 0.6 is 0 Å². The van der Waals surface area contributed by atoms with Crippen molar-refractivity contribution in [2.75, 3.05) is 43.6 Å². The monoisotopic (exact) mass is 924 g/mol. The van der Waals surface area contributed by atoms with Gasteiger partial charge in [0.1, 0.15) is 18.5 Å². The SMILES string of the molecule is CC(=O)NCCCCCN1C(=O)C=CC1=O.CN1c2cc3c(cc2C(CS(=O)(=O)[O-])=CC1(C)C)C(c1ccccc1C(=O)O)=c1cc2c(cc1O3)=[N+](C)C(C)(C)C=C2CS(=O)(=O)[O-].[Na+]. The molecule has 334 valence electrons. The van der Waals surface area contributed by atoms with E-state index in [9.17, 15) is 50.2 Å². The van der Waals surface area contributed by atoms with Gasteiger partial charge >= 0.3 is 35.5 Å². The van der Waals surface area contributed by atoms with E-state index in [0.29, 0.717) is 79.8 Å². The van der Waals surface area contributed by atoms with Crippen LogP contribution in [0.5, 0.6) is 11.5 Å². The second-order valence-electron chi connectivity index (χ2n) is 16.9. The number of anilines is 1. The predicted molar refractivity (Wildman–Crippen MR) is 234 cm³/mol. The van der Waals surface area contributed by atoms with Crippen LogP contribution in [-0.4, -0.2) is 109 Å². The van der Waals surface area contributed by atoms with Gasteiger partial charge in [-0.15, -0.1) is 0 Å². The van der Waals surface area contributed by atoms with Crippen LogP contribution in [0.1, 0.15) is 86.5 Å². The number of rotatable bonds is 12. The van der Waals surface area contributed by atoms with Crippen molar-refractivity contribution in [2.45, 2.75) is 65.0 Å². The van der Waals surface area contributed by atoms with Gasteiger partial charge in [-0.25, -0.2) is 26.2 Å². The minimum atomic E-state index is -4.67. The molecule has 0 aromatic heterocycles. The molecular weight excluding hydrogens is 876 g/mol.